The molecule has 92 valence electrons. The summed E-state index contributed by atoms with van der Waals surface area (Å²) in [4.78, 5) is 13.8. The fraction of sp³-hybridized carbons (Fsp3) is 0.250. The van der Waals surface area contributed by atoms with E-state index in [0.717, 1.165) is 22.8 Å². The van der Waals surface area contributed by atoms with Gasteiger partial charge in [0.2, 0.25) is 0 Å². The molecule has 0 bridgehead atoms. The molecule has 0 aliphatic rings. The molecular formula is C12H13N5S. The standard InChI is InChI=1S/C12H13N5S/c1-13-11(10-2-3-14-8-15-10)6-9-7-17-4-5-18-12(17)16-9/h2-5,7-8,11,13H,6H2,1H3. The van der Waals surface area contributed by atoms with E-state index in [-0.39, 0.29) is 6.04 Å². The van der Waals surface area contributed by atoms with Gasteiger partial charge in [-0.15, -0.1) is 11.3 Å². The van der Waals surface area contributed by atoms with Crippen LogP contribution in [-0.4, -0.2) is 26.4 Å². The first-order chi connectivity index (χ1) is 8.86. The zero-order valence-electron chi connectivity index (χ0n) is 9.95. The van der Waals surface area contributed by atoms with E-state index in [1.54, 1.807) is 23.9 Å². The fourth-order valence-electron chi connectivity index (χ4n) is 1.95. The van der Waals surface area contributed by atoms with Crippen LogP contribution >= 0.6 is 11.3 Å². The van der Waals surface area contributed by atoms with Crippen LogP contribution in [0.5, 0.6) is 0 Å². The van der Waals surface area contributed by atoms with Crippen molar-refractivity contribution in [1.82, 2.24) is 24.7 Å². The number of fused-ring (bicyclic) bond motifs is 1. The highest BCUT2D eigenvalue weighted by Gasteiger charge is 2.13. The summed E-state index contributed by atoms with van der Waals surface area (Å²) >= 11 is 1.64. The van der Waals surface area contributed by atoms with Crippen molar-refractivity contribution < 1.29 is 0 Å². The second kappa shape index (κ2) is 4.83. The van der Waals surface area contributed by atoms with Crippen molar-refractivity contribution in [2.75, 3.05) is 7.05 Å². The van der Waals surface area contributed by atoms with Gasteiger partial charge in [0.25, 0.3) is 0 Å². The SMILES string of the molecule is CNC(Cc1cn2ccsc2n1)c1ccncn1. The van der Waals surface area contributed by atoms with Gasteiger partial charge >= 0.3 is 0 Å². The Morgan fingerprint density at radius 3 is 3.17 bits per heavy atom. The van der Waals surface area contributed by atoms with Crippen LogP contribution < -0.4 is 5.32 Å². The molecule has 0 amide bonds. The lowest BCUT2D eigenvalue weighted by Gasteiger charge is -2.13. The zero-order chi connectivity index (χ0) is 12.4. The topological polar surface area (TPSA) is 55.1 Å². The van der Waals surface area contributed by atoms with Gasteiger partial charge in [-0.2, -0.15) is 0 Å². The minimum absolute atomic E-state index is 0.164. The third-order valence-electron chi connectivity index (χ3n) is 2.87. The van der Waals surface area contributed by atoms with Crippen LogP contribution in [0.3, 0.4) is 0 Å². The summed E-state index contributed by atoms with van der Waals surface area (Å²) < 4.78 is 2.05. The molecule has 0 aliphatic carbocycles. The van der Waals surface area contributed by atoms with Crippen molar-refractivity contribution in [3.63, 3.8) is 0 Å². The number of thiazole rings is 1. The molecule has 1 atom stereocenters. The number of rotatable bonds is 4. The largest absolute Gasteiger partial charge is 0.311 e. The van der Waals surface area contributed by atoms with Gasteiger partial charge in [-0.3, -0.25) is 4.40 Å². The summed E-state index contributed by atoms with van der Waals surface area (Å²) in [7, 11) is 1.94. The first-order valence-corrected chi connectivity index (χ1v) is 6.59. The molecule has 3 rings (SSSR count). The van der Waals surface area contributed by atoms with Gasteiger partial charge in [-0.25, -0.2) is 15.0 Å². The number of hydrogen-bond acceptors (Lipinski definition) is 5. The Bertz CT molecular complexity index is 602. The molecular weight excluding hydrogens is 246 g/mol. The van der Waals surface area contributed by atoms with Gasteiger partial charge in [-0.05, 0) is 13.1 Å². The molecule has 0 fully saturated rings. The average Bonchev–Trinajstić information content (AvgIpc) is 2.97. The van der Waals surface area contributed by atoms with Gasteiger partial charge in [0.15, 0.2) is 4.96 Å². The number of likely N-dealkylation sites (N-methyl/N-ethyl adjacent to an activating group) is 1. The highest BCUT2D eigenvalue weighted by atomic mass is 32.1. The van der Waals surface area contributed by atoms with Crippen LogP contribution in [0.1, 0.15) is 17.4 Å². The van der Waals surface area contributed by atoms with Gasteiger partial charge in [0.1, 0.15) is 6.33 Å². The predicted octanol–water partition coefficient (Wildman–Crippen LogP) is 1.69. The summed E-state index contributed by atoms with van der Waals surface area (Å²) in [5.74, 6) is 0. The van der Waals surface area contributed by atoms with E-state index in [0.29, 0.717) is 0 Å². The molecule has 18 heavy (non-hydrogen) atoms. The lowest BCUT2D eigenvalue weighted by Crippen LogP contribution is -2.20. The van der Waals surface area contributed by atoms with Gasteiger partial charge in [0, 0.05) is 30.4 Å². The van der Waals surface area contributed by atoms with Crippen molar-refractivity contribution in [3.8, 4) is 0 Å². The zero-order valence-corrected chi connectivity index (χ0v) is 10.8. The van der Waals surface area contributed by atoms with E-state index < -0.39 is 0 Å². The number of hydrogen-bond donors (Lipinski definition) is 1. The van der Waals surface area contributed by atoms with E-state index in [4.69, 9.17) is 0 Å². The normalized spacial score (nSPS) is 12.9. The second-order valence-corrected chi connectivity index (χ2v) is 4.88. The minimum Gasteiger partial charge on any atom is -0.311 e. The Hall–Kier alpha value is -1.79. The van der Waals surface area contributed by atoms with Gasteiger partial charge in [0.05, 0.1) is 17.4 Å². The van der Waals surface area contributed by atoms with E-state index in [1.165, 1.54) is 0 Å². The lowest BCUT2D eigenvalue weighted by molar-refractivity contribution is 0.569. The third-order valence-corrected chi connectivity index (χ3v) is 3.64. The smallest absolute Gasteiger partial charge is 0.193 e. The predicted molar refractivity (Wildman–Crippen MR) is 70.6 cm³/mol. The second-order valence-electron chi connectivity index (χ2n) is 4.00. The first kappa shape index (κ1) is 11.3. The highest BCUT2D eigenvalue weighted by molar-refractivity contribution is 7.15. The van der Waals surface area contributed by atoms with Crippen molar-refractivity contribution in [3.05, 3.63) is 47.8 Å². The van der Waals surface area contributed by atoms with Crippen LogP contribution in [0.15, 0.2) is 36.4 Å². The molecule has 3 heterocycles. The Morgan fingerprint density at radius 2 is 2.44 bits per heavy atom. The Kier molecular flexibility index (Phi) is 3.04. The summed E-state index contributed by atoms with van der Waals surface area (Å²) in [6.07, 6.45) is 8.25. The fourth-order valence-corrected chi connectivity index (χ4v) is 2.66. The number of imidazole rings is 1. The minimum atomic E-state index is 0.164. The Labute approximate surface area is 109 Å². The monoisotopic (exact) mass is 259 g/mol. The van der Waals surface area contributed by atoms with Crippen molar-refractivity contribution in [2.24, 2.45) is 0 Å². The summed E-state index contributed by atoms with van der Waals surface area (Å²) in [5.41, 5.74) is 2.06. The maximum Gasteiger partial charge on any atom is 0.193 e. The number of nitrogens with zero attached hydrogens (tertiary/aromatic N) is 4. The molecule has 5 nitrogen and oxygen atoms in total. The molecule has 1 N–H and O–H groups in total. The third kappa shape index (κ3) is 2.12. The van der Waals surface area contributed by atoms with Crippen LogP contribution in [0.25, 0.3) is 4.96 Å². The van der Waals surface area contributed by atoms with E-state index in [1.807, 2.05) is 29.1 Å². The van der Waals surface area contributed by atoms with Crippen LogP contribution in [0.2, 0.25) is 0 Å². The Morgan fingerprint density at radius 1 is 1.50 bits per heavy atom. The molecule has 6 heteroatoms. The Balaban J connectivity index is 1.84. The maximum absolute atomic E-state index is 4.58. The quantitative estimate of drug-likeness (QED) is 0.774. The molecule has 0 saturated carbocycles. The van der Waals surface area contributed by atoms with E-state index in [2.05, 4.69) is 26.5 Å². The highest BCUT2D eigenvalue weighted by Crippen LogP contribution is 2.17. The van der Waals surface area contributed by atoms with Crippen LogP contribution in [0, 0.1) is 0 Å². The molecule has 0 aliphatic heterocycles. The molecule has 3 aromatic rings. The van der Waals surface area contributed by atoms with Crippen LogP contribution in [-0.2, 0) is 6.42 Å². The molecule has 0 spiro atoms. The first-order valence-electron chi connectivity index (χ1n) is 5.71. The molecule has 0 aromatic carbocycles. The summed E-state index contributed by atoms with van der Waals surface area (Å²) in [6.45, 7) is 0. The molecule has 0 radical (unpaired) electrons. The van der Waals surface area contributed by atoms with Crippen molar-refractivity contribution in [2.45, 2.75) is 12.5 Å². The summed E-state index contributed by atoms with van der Waals surface area (Å²) in [6, 6.07) is 2.09. The van der Waals surface area contributed by atoms with Crippen molar-refractivity contribution in [1.29, 1.82) is 0 Å². The average molecular weight is 259 g/mol. The summed E-state index contributed by atoms with van der Waals surface area (Å²) in [5, 5.41) is 5.30. The van der Waals surface area contributed by atoms with Gasteiger partial charge < -0.3 is 5.32 Å². The molecule has 1 unspecified atom stereocenters. The maximum atomic E-state index is 4.58. The lowest BCUT2D eigenvalue weighted by atomic mass is 10.1. The van der Waals surface area contributed by atoms with Gasteiger partial charge in [-0.1, -0.05) is 0 Å². The number of nitrogens with one attached hydrogen (secondary N) is 1. The van der Waals surface area contributed by atoms with E-state index >= 15 is 0 Å². The number of aromatic nitrogens is 4. The molecule has 3 aromatic heterocycles. The van der Waals surface area contributed by atoms with Crippen LogP contribution in [0.4, 0.5) is 0 Å². The van der Waals surface area contributed by atoms with Crippen molar-refractivity contribution >= 4 is 16.3 Å². The molecule has 0 saturated heterocycles. The van der Waals surface area contributed by atoms with E-state index in [9.17, 15) is 0 Å².